The van der Waals surface area contributed by atoms with Crippen molar-refractivity contribution in [3.05, 3.63) is 30.0 Å². The number of carboxylic acids is 1. The number of carbonyl (C=O) groups is 2. The van der Waals surface area contributed by atoms with E-state index in [9.17, 15) is 14.7 Å². The highest BCUT2D eigenvalue weighted by molar-refractivity contribution is 6.08. The molecule has 0 aliphatic carbocycles. The number of furan rings is 1. The monoisotopic (exact) mass is 510 g/mol. The Labute approximate surface area is 219 Å². The number of hydrogen-bond acceptors (Lipinski definition) is 5. The maximum absolute atomic E-state index is 12.5. The second-order valence-electron chi connectivity index (χ2n) is 10.8. The number of amidine groups is 1. The third kappa shape index (κ3) is 6.46. The minimum absolute atomic E-state index is 0.301. The minimum Gasteiger partial charge on any atom is -0.480 e. The number of carboxylic acid groups (broad SMARTS) is 1. The van der Waals surface area contributed by atoms with Gasteiger partial charge in [-0.25, -0.2) is 4.79 Å². The number of anilines is 1. The van der Waals surface area contributed by atoms with E-state index in [0.717, 1.165) is 63.4 Å². The van der Waals surface area contributed by atoms with E-state index >= 15 is 0 Å². The van der Waals surface area contributed by atoms with Gasteiger partial charge in [0.15, 0.2) is 11.6 Å². The van der Waals surface area contributed by atoms with Gasteiger partial charge in [0.2, 0.25) is 5.91 Å². The Hall–Kier alpha value is -3.03. The number of para-hydroxylation sites is 1. The molecule has 4 rings (SSSR count). The van der Waals surface area contributed by atoms with Crippen LogP contribution in [-0.2, 0) is 9.59 Å². The first-order valence-corrected chi connectivity index (χ1v) is 14.0. The van der Waals surface area contributed by atoms with Gasteiger partial charge >= 0.3 is 5.97 Å². The molecule has 0 bridgehead atoms. The van der Waals surface area contributed by atoms with Crippen LogP contribution in [0.15, 0.2) is 33.7 Å². The van der Waals surface area contributed by atoms with Crippen molar-refractivity contribution in [2.24, 2.45) is 16.8 Å². The van der Waals surface area contributed by atoms with E-state index in [1.807, 2.05) is 34.1 Å². The number of unbranched alkanes of at least 4 members (excludes halogenated alkanes) is 4. The summed E-state index contributed by atoms with van der Waals surface area (Å²) in [4.78, 5) is 33.1. The van der Waals surface area contributed by atoms with E-state index in [4.69, 9.17) is 15.1 Å². The van der Waals surface area contributed by atoms with Crippen LogP contribution in [-0.4, -0.2) is 64.8 Å². The van der Waals surface area contributed by atoms with Crippen LogP contribution >= 0.6 is 0 Å². The number of rotatable bonds is 10. The van der Waals surface area contributed by atoms with Gasteiger partial charge in [-0.15, -0.1) is 0 Å². The highest BCUT2D eigenvalue weighted by atomic mass is 16.4. The van der Waals surface area contributed by atoms with Crippen molar-refractivity contribution in [3.63, 3.8) is 0 Å². The number of piperidine rings is 1. The van der Waals surface area contributed by atoms with Crippen molar-refractivity contribution in [1.82, 2.24) is 9.80 Å². The molecule has 2 aliphatic rings. The quantitative estimate of drug-likeness (QED) is 0.259. The molecule has 37 heavy (non-hydrogen) atoms. The lowest BCUT2D eigenvalue weighted by atomic mass is 9.88. The number of amides is 1. The van der Waals surface area contributed by atoms with Crippen LogP contribution in [0, 0.1) is 11.8 Å². The molecule has 3 N–H and O–H groups in total. The summed E-state index contributed by atoms with van der Waals surface area (Å²) in [7, 11) is 0. The summed E-state index contributed by atoms with van der Waals surface area (Å²) >= 11 is 0. The van der Waals surface area contributed by atoms with Crippen molar-refractivity contribution in [2.45, 2.75) is 77.7 Å². The van der Waals surface area contributed by atoms with Gasteiger partial charge in [0.1, 0.15) is 11.6 Å². The largest absolute Gasteiger partial charge is 0.480 e. The molecule has 2 fully saturated rings. The second-order valence-corrected chi connectivity index (χ2v) is 10.8. The molecule has 1 amide bonds. The Morgan fingerprint density at radius 3 is 2.57 bits per heavy atom. The number of benzene rings is 1. The van der Waals surface area contributed by atoms with Gasteiger partial charge in [-0.2, -0.15) is 0 Å². The number of aliphatic imine (C=N–C) groups is 1. The van der Waals surface area contributed by atoms with Crippen molar-refractivity contribution in [3.8, 4) is 0 Å². The third-order valence-electron chi connectivity index (χ3n) is 8.14. The van der Waals surface area contributed by atoms with Gasteiger partial charge in [0.05, 0.1) is 5.69 Å². The van der Waals surface area contributed by atoms with Crippen LogP contribution in [0.4, 0.5) is 5.69 Å². The number of nitrogens with zero attached hydrogens (tertiary/aromatic N) is 3. The van der Waals surface area contributed by atoms with E-state index in [-0.39, 0.29) is 0 Å². The molecule has 202 valence electrons. The molecule has 8 nitrogen and oxygen atoms in total. The summed E-state index contributed by atoms with van der Waals surface area (Å²) in [6.07, 6.45) is 8.06. The van der Waals surface area contributed by atoms with E-state index < -0.39 is 12.0 Å². The molecular weight excluding hydrogens is 468 g/mol. The van der Waals surface area contributed by atoms with Crippen LogP contribution in [0.1, 0.15) is 77.4 Å². The topological polar surface area (TPSA) is 112 Å². The van der Waals surface area contributed by atoms with Gasteiger partial charge in [0, 0.05) is 38.0 Å². The minimum atomic E-state index is -0.844. The zero-order valence-electron chi connectivity index (χ0n) is 22.3. The lowest BCUT2D eigenvalue weighted by molar-refractivity contribution is -0.141. The smallest absolute Gasteiger partial charge is 0.326 e. The Morgan fingerprint density at radius 2 is 1.81 bits per heavy atom. The molecule has 3 heterocycles. The van der Waals surface area contributed by atoms with Crippen LogP contribution in [0.3, 0.4) is 0 Å². The maximum Gasteiger partial charge on any atom is 0.326 e. The van der Waals surface area contributed by atoms with Gasteiger partial charge < -0.3 is 25.1 Å². The molecule has 2 aromatic rings. The third-order valence-corrected chi connectivity index (χ3v) is 8.14. The fraction of sp³-hybridized carbons (Fsp3) is 0.621. The van der Waals surface area contributed by atoms with Crippen LogP contribution < -0.4 is 5.73 Å². The summed E-state index contributed by atoms with van der Waals surface area (Å²) in [5.41, 5.74) is 7.61. The molecule has 1 aromatic carbocycles. The fourth-order valence-corrected chi connectivity index (χ4v) is 5.55. The zero-order valence-corrected chi connectivity index (χ0v) is 22.3. The molecule has 0 radical (unpaired) electrons. The highest BCUT2D eigenvalue weighted by Crippen LogP contribution is 2.32. The Balaban J connectivity index is 1.29. The lowest BCUT2D eigenvalue weighted by Gasteiger charge is -2.35. The Morgan fingerprint density at radius 1 is 1.05 bits per heavy atom. The maximum atomic E-state index is 12.5. The molecule has 8 heteroatoms. The van der Waals surface area contributed by atoms with Crippen LogP contribution in [0.5, 0.6) is 0 Å². The average molecular weight is 511 g/mol. The molecule has 0 spiro atoms. The average Bonchev–Trinajstić information content (AvgIpc) is 3.50. The number of aliphatic carboxylic acids is 1. The summed E-state index contributed by atoms with van der Waals surface area (Å²) in [6.45, 7) is 7.52. The normalized spacial score (nSPS) is 22.6. The molecule has 2 saturated heterocycles. The van der Waals surface area contributed by atoms with Crippen LogP contribution in [0.2, 0.25) is 0 Å². The van der Waals surface area contributed by atoms with E-state index in [0.29, 0.717) is 66.5 Å². The Kier molecular flexibility index (Phi) is 9.11. The second kappa shape index (κ2) is 12.5. The van der Waals surface area contributed by atoms with Crippen molar-refractivity contribution < 1.29 is 19.1 Å². The van der Waals surface area contributed by atoms with Gasteiger partial charge in [-0.3, -0.25) is 9.79 Å². The number of fused-ring (bicyclic) bond motifs is 1. The number of likely N-dealkylation sites (tertiary alicyclic amines) is 2. The summed E-state index contributed by atoms with van der Waals surface area (Å²) in [5, 5.41) is 10.6. The predicted octanol–water partition coefficient (Wildman–Crippen LogP) is 5.16. The number of hydrogen-bond donors (Lipinski definition) is 2. The van der Waals surface area contributed by atoms with Gasteiger partial charge in [-0.1, -0.05) is 45.2 Å². The molecule has 2 aliphatic heterocycles. The molecule has 1 unspecified atom stereocenters. The predicted molar refractivity (Wildman–Crippen MR) is 147 cm³/mol. The van der Waals surface area contributed by atoms with Crippen molar-refractivity contribution in [2.75, 3.05) is 31.9 Å². The molecule has 3 atom stereocenters. The number of nitrogen functional groups attached to an aromatic ring is 1. The standard InChI is InChI=1S/C29H42N4O4/c1-20-15-18-32(19-21(20)2)25(34)14-6-4-3-5-9-16-31-28(33-17-10-12-23(33)29(35)36)27-26(30)22-11-7-8-13-24(22)37-27/h7-8,11,13,20-21,23H,3-6,9-10,12,14-19,30H2,1-2H3,(H,35,36)/t20?,21-,23-/m0/s1. The van der Waals surface area contributed by atoms with Gasteiger partial charge in [0.25, 0.3) is 0 Å². The first kappa shape index (κ1) is 27.0. The SMILES string of the molecule is CC1CCN(C(=O)CCCCCCCN=C(c2oc3ccccc3c2N)N2CCC[C@H]2C(=O)O)C[C@@H]1C. The van der Waals surface area contributed by atoms with Crippen molar-refractivity contribution in [1.29, 1.82) is 0 Å². The highest BCUT2D eigenvalue weighted by Gasteiger charge is 2.35. The fourth-order valence-electron chi connectivity index (χ4n) is 5.55. The molecular formula is C29H42N4O4. The van der Waals surface area contributed by atoms with Gasteiger partial charge in [-0.05, 0) is 56.1 Å². The first-order valence-electron chi connectivity index (χ1n) is 14.0. The zero-order chi connectivity index (χ0) is 26.4. The molecule has 1 aromatic heterocycles. The number of carbonyl (C=O) groups excluding carboxylic acids is 1. The molecule has 0 saturated carbocycles. The van der Waals surface area contributed by atoms with E-state index in [2.05, 4.69) is 13.8 Å². The van der Waals surface area contributed by atoms with Crippen molar-refractivity contribution >= 4 is 34.4 Å². The first-order chi connectivity index (χ1) is 17.9. The van der Waals surface area contributed by atoms with E-state index in [1.54, 1.807) is 0 Å². The summed E-state index contributed by atoms with van der Waals surface area (Å²) in [6, 6.07) is 6.96. The van der Waals surface area contributed by atoms with Crippen LogP contribution in [0.25, 0.3) is 11.0 Å². The lowest BCUT2D eigenvalue weighted by Crippen LogP contribution is -2.42. The summed E-state index contributed by atoms with van der Waals surface area (Å²) in [5.74, 6) is 1.77. The van der Waals surface area contributed by atoms with E-state index in [1.165, 1.54) is 0 Å². The number of nitrogens with two attached hydrogens (primary N) is 1. The Bertz CT molecular complexity index is 1110. The summed E-state index contributed by atoms with van der Waals surface area (Å²) < 4.78 is 6.07.